The highest BCUT2D eigenvalue weighted by Crippen LogP contribution is 2.35. The Labute approximate surface area is 181 Å². The van der Waals surface area contributed by atoms with Crippen molar-refractivity contribution in [3.63, 3.8) is 0 Å². The van der Waals surface area contributed by atoms with Gasteiger partial charge in [0.15, 0.2) is 5.16 Å². The molecule has 0 bridgehead atoms. The molecule has 158 valence electrons. The van der Waals surface area contributed by atoms with Crippen LogP contribution in [0.25, 0.3) is 11.4 Å². The number of amides is 2. The van der Waals surface area contributed by atoms with Gasteiger partial charge in [0.1, 0.15) is 11.4 Å². The van der Waals surface area contributed by atoms with Crippen LogP contribution in [0.2, 0.25) is 0 Å². The standard InChI is InChI=1S/C20H19N7O3S/c1-31-20-22-9-14-17(24-20)26-7-3-6-13(26)10-27(19(14)29)12-5-2-4-11(8-12)16-23-18(15(21)28)30-25-16/h2,4-5,8-9,13H,3,6-7,10H2,1H3,(H2,21,28). The minimum absolute atomic E-state index is 0.153. The lowest BCUT2D eigenvalue weighted by molar-refractivity contribution is 0.0956. The van der Waals surface area contributed by atoms with Gasteiger partial charge >= 0.3 is 11.8 Å². The maximum atomic E-state index is 13.5. The van der Waals surface area contributed by atoms with Crippen molar-refractivity contribution in [2.45, 2.75) is 24.0 Å². The number of nitrogens with two attached hydrogens (primary N) is 1. The molecule has 1 atom stereocenters. The minimum Gasteiger partial charge on any atom is -0.361 e. The van der Waals surface area contributed by atoms with Crippen molar-refractivity contribution in [3.05, 3.63) is 41.9 Å². The fourth-order valence-corrected chi connectivity index (χ4v) is 4.38. The van der Waals surface area contributed by atoms with Crippen LogP contribution < -0.4 is 15.5 Å². The van der Waals surface area contributed by atoms with Crippen LogP contribution in [0.1, 0.15) is 33.9 Å². The van der Waals surface area contributed by atoms with Gasteiger partial charge in [0.25, 0.3) is 5.91 Å². The van der Waals surface area contributed by atoms with Crippen molar-refractivity contribution in [2.24, 2.45) is 5.73 Å². The Balaban J connectivity index is 1.55. The summed E-state index contributed by atoms with van der Waals surface area (Å²) in [4.78, 5) is 41.7. The highest BCUT2D eigenvalue weighted by atomic mass is 32.2. The largest absolute Gasteiger partial charge is 0.361 e. The molecular weight excluding hydrogens is 418 g/mol. The predicted octanol–water partition coefficient (Wildman–Crippen LogP) is 1.98. The molecule has 0 aliphatic carbocycles. The van der Waals surface area contributed by atoms with E-state index in [0.29, 0.717) is 34.3 Å². The Morgan fingerprint density at radius 3 is 2.97 bits per heavy atom. The van der Waals surface area contributed by atoms with Gasteiger partial charge in [-0.1, -0.05) is 29.1 Å². The molecule has 0 saturated carbocycles. The van der Waals surface area contributed by atoms with Crippen molar-refractivity contribution in [1.29, 1.82) is 0 Å². The summed E-state index contributed by atoms with van der Waals surface area (Å²) in [5.41, 5.74) is 7.00. The zero-order valence-electron chi connectivity index (χ0n) is 16.7. The number of benzene rings is 1. The molecule has 2 N–H and O–H groups in total. The SMILES string of the molecule is CSc1ncc2c(n1)N1CCCC1CN(c1cccc(-c3noc(C(N)=O)n3)c1)C2=O. The molecule has 1 saturated heterocycles. The van der Waals surface area contributed by atoms with Gasteiger partial charge in [-0.05, 0) is 31.2 Å². The summed E-state index contributed by atoms with van der Waals surface area (Å²) >= 11 is 1.46. The maximum Gasteiger partial charge on any atom is 0.316 e. The molecule has 11 heteroatoms. The zero-order valence-corrected chi connectivity index (χ0v) is 17.5. The molecule has 0 spiro atoms. The van der Waals surface area contributed by atoms with Crippen molar-refractivity contribution < 1.29 is 14.1 Å². The number of carbonyl (C=O) groups is 2. The summed E-state index contributed by atoms with van der Waals surface area (Å²) in [5.74, 6) is -0.271. The third-order valence-corrected chi connectivity index (χ3v) is 6.06. The van der Waals surface area contributed by atoms with E-state index in [9.17, 15) is 9.59 Å². The fourth-order valence-electron chi connectivity index (χ4n) is 4.05. The number of primary amides is 1. The summed E-state index contributed by atoms with van der Waals surface area (Å²) in [7, 11) is 0. The number of carbonyl (C=O) groups excluding carboxylic acids is 2. The number of thioether (sulfide) groups is 1. The van der Waals surface area contributed by atoms with Crippen LogP contribution in [0.5, 0.6) is 0 Å². The van der Waals surface area contributed by atoms with Gasteiger partial charge in [-0.25, -0.2) is 9.97 Å². The van der Waals surface area contributed by atoms with Gasteiger partial charge in [0, 0.05) is 36.6 Å². The quantitative estimate of drug-likeness (QED) is 0.480. The van der Waals surface area contributed by atoms with Gasteiger partial charge in [0.2, 0.25) is 5.82 Å². The zero-order chi connectivity index (χ0) is 21.5. The van der Waals surface area contributed by atoms with E-state index in [4.69, 9.17) is 10.3 Å². The number of hydrogen-bond donors (Lipinski definition) is 1. The van der Waals surface area contributed by atoms with E-state index in [0.717, 1.165) is 19.4 Å². The second kappa shape index (κ2) is 7.65. The van der Waals surface area contributed by atoms with E-state index < -0.39 is 5.91 Å². The lowest BCUT2D eigenvalue weighted by Crippen LogP contribution is -2.39. The molecule has 10 nitrogen and oxygen atoms in total. The highest BCUT2D eigenvalue weighted by molar-refractivity contribution is 7.98. The van der Waals surface area contributed by atoms with Crippen LogP contribution in [0.15, 0.2) is 40.1 Å². The molecule has 5 rings (SSSR count). The van der Waals surface area contributed by atoms with Crippen molar-refractivity contribution in [2.75, 3.05) is 29.1 Å². The molecule has 2 aromatic heterocycles. The van der Waals surface area contributed by atoms with Gasteiger partial charge in [-0.3, -0.25) is 9.59 Å². The molecule has 2 amide bonds. The Morgan fingerprint density at radius 2 is 2.19 bits per heavy atom. The second-order valence-corrected chi connectivity index (χ2v) is 8.11. The smallest absolute Gasteiger partial charge is 0.316 e. The van der Waals surface area contributed by atoms with E-state index in [2.05, 4.69) is 25.0 Å². The summed E-state index contributed by atoms with van der Waals surface area (Å²) < 4.78 is 4.89. The Kier molecular flexibility index (Phi) is 4.81. The van der Waals surface area contributed by atoms with Crippen molar-refractivity contribution in [3.8, 4) is 11.4 Å². The van der Waals surface area contributed by atoms with Crippen molar-refractivity contribution >= 4 is 35.1 Å². The summed E-state index contributed by atoms with van der Waals surface area (Å²) in [6.07, 6.45) is 5.56. The molecule has 1 aromatic carbocycles. The summed E-state index contributed by atoms with van der Waals surface area (Å²) in [6, 6.07) is 7.42. The molecule has 2 aliphatic heterocycles. The Hall–Kier alpha value is -3.47. The van der Waals surface area contributed by atoms with Crippen LogP contribution in [-0.2, 0) is 0 Å². The Morgan fingerprint density at radius 1 is 1.32 bits per heavy atom. The maximum absolute atomic E-state index is 13.5. The summed E-state index contributed by atoms with van der Waals surface area (Å²) in [5, 5.41) is 4.47. The average molecular weight is 437 g/mol. The molecule has 1 fully saturated rings. The Bertz CT molecular complexity index is 1180. The molecule has 1 unspecified atom stereocenters. The van der Waals surface area contributed by atoms with Crippen LogP contribution in [0.4, 0.5) is 11.5 Å². The van der Waals surface area contributed by atoms with Crippen molar-refractivity contribution in [1.82, 2.24) is 20.1 Å². The predicted molar refractivity (Wildman–Crippen MR) is 114 cm³/mol. The number of hydrogen-bond acceptors (Lipinski definition) is 9. The molecule has 31 heavy (non-hydrogen) atoms. The lowest BCUT2D eigenvalue weighted by Gasteiger charge is -2.27. The van der Waals surface area contributed by atoms with E-state index in [1.807, 2.05) is 18.4 Å². The van der Waals surface area contributed by atoms with Crippen LogP contribution >= 0.6 is 11.8 Å². The first-order valence-corrected chi connectivity index (χ1v) is 11.0. The third-order valence-electron chi connectivity index (χ3n) is 5.50. The molecule has 0 radical (unpaired) electrons. The molecule has 3 aromatic rings. The van der Waals surface area contributed by atoms with E-state index in [1.54, 1.807) is 23.2 Å². The number of nitrogens with zero attached hydrogens (tertiary/aromatic N) is 6. The third kappa shape index (κ3) is 3.40. The first-order chi connectivity index (χ1) is 15.0. The van der Waals surface area contributed by atoms with Gasteiger partial charge in [0.05, 0.1) is 0 Å². The first-order valence-electron chi connectivity index (χ1n) is 9.78. The number of fused-ring (bicyclic) bond motifs is 3. The van der Waals surface area contributed by atoms with E-state index in [-0.39, 0.29) is 23.7 Å². The van der Waals surface area contributed by atoms with Gasteiger partial charge in [-0.15, -0.1) is 0 Å². The van der Waals surface area contributed by atoms with Gasteiger partial charge < -0.3 is 20.1 Å². The van der Waals surface area contributed by atoms with E-state index >= 15 is 0 Å². The first kappa shape index (κ1) is 19.5. The normalized spacial score (nSPS) is 18.0. The van der Waals surface area contributed by atoms with Gasteiger partial charge in [-0.2, -0.15) is 4.98 Å². The fraction of sp³-hybridized carbons (Fsp3) is 0.300. The minimum atomic E-state index is -0.792. The van der Waals surface area contributed by atoms with E-state index in [1.165, 1.54) is 11.8 Å². The van der Waals surface area contributed by atoms with Crippen LogP contribution in [0, 0.1) is 0 Å². The topological polar surface area (TPSA) is 131 Å². The van der Waals surface area contributed by atoms with Crippen LogP contribution in [0.3, 0.4) is 0 Å². The number of rotatable bonds is 4. The monoisotopic (exact) mass is 437 g/mol. The average Bonchev–Trinajstić information content (AvgIpc) is 3.45. The second-order valence-electron chi connectivity index (χ2n) is 7.34. The molecule has 4 heterocycles. The number of aromatic nitrogens is 4. The molecule has 2 aliphatic rings. The highest BCUT2D eigenvalue weighted by Gasteiger charge is 2.37. The lowest BCUT2D eigenvalue weighted by atomic mass is 10.1. The van der Waals surface area contributed by atoms with Crippen LogP contribution in [-0.4, -0.2) is 57.3 Å². The molecular formula is C20H19N7O3S. The number of anilines is 2. The summed E-state index contributed by atoms with van der Waals surface area (Å²) in [6.45, 7) is 1.40.